The molecule has 1 aromatic carbocycles. The fourth-order valence-electron chi connectivity index (χ4n) is 1.24. The van der Waals surface area contributed by atoms with Crippen LogP contribution in [0.4, 0.5) is 0 Å². The first-order valence-electron chi connectivity index (χ1n) is 5.51. The Hall–Kier alpha value is -1.84. The molecule has 1 atom stereocenters. The van der Waals surface area contributed by atoms with Crippen LogP contribution in [0.5, 0.6) is 5.75 Å². The Labute approximate surface area is 101 Å². The van der Waals surface area contributed by atoms with Crippen LogP contribution in [0.2, 0.25) is 0 Å². The van der Waals surface area contributed by atoms with Crippen molar-refractivity contribution in [2.75, 3.05) is 13.7 Å². The molecule has 1 unspecified atom stereocenters. The van der Waals surface area contributed by atoms with E-state index in [1.807, 2.05) is 24.3 Å². The highest BCUT2D eigenvalue weighted by Crippen LogP contribution is 2.11. The van der Waals surface area contributed by atoms with E-state index in [0.717, 1.165) is 11.3 Å². The predicted octanol–water partition coefficient (Wildman–Crippen LogP) is 2.07. The number of esters is 1. The van der Waals surface area contributed by atoms with Crippen LogP contribution in [-0.4, -0.2) is 31.9 Å². The van der Waals surface area contributed by atoms with Gasteiger partial charge in [0.2, 0.25) is 0 Å². The average molecular weight is 235 g/mol. The SMILES string of the molecule is CCOC(=O)C(C)N=Cc1cccc(OC)c1. The standard InChI is InChI=1S/C13H17NO3/c1-4-17-13(15)10(2)14-9-11-6-5-7-12(8-11)16-3/h5-10H,4H2,1-3H3. The van der Waals surface area contributed by atoms with Gasteiger partial charge in [0.15, 0.2) is 0 Å². The Morgan fingerprint density at radius 3 is 2.94 bits per heavy atom. The molecule has 0 saturated carbocycles. The van der Waals surface area contributed by atoms with Crippen molar-refractivity contribution in [3.05, 3.63) is 29.8 Å². The van der Waals surface area contributed by atoms with E-state index in [1.165, 1.54) is 0 Å². The molecule has 1 rings (SSSR count). The van der Waals surface area contributed by atoms with Gasteiger partial charge in [0, 0.05) is 6.21 Å². The summed E-state index contributed by atoms with van der Waals surface area (Å²) in [6.07, 6.45) is 1.64. The summed E-state index contributed by atoms with van der Waals surface area (Å²) in [7, 11) is 1.61. The molecule has 0 heterocycles. The van der Waals surface area contributed by atoms with Gasteiger partial charge in [0.05, 0.1) is 13.7 Å². The van der Waals surface area contributed by atoms with Crippen LogP contribution in [0.1, 0.15) is 19.4 Å². The summed E-state index contributed by atoms with van der Waals surface area (Å²) in [6.45, 7) is 3.85. The topological polar surface area (TPSA) is 47.9 Å². The molecule has 0 aliphatic rings. The second-order valence-corrected chi connectivity index (χ2v) is 3.48. The first-order chi connectivity index (χ1) is 8.17. The molecule has 0 spiro atoms. The van der Waals surface area contributed by atoms with E-state index in [4.69, 9.17) is 9.47 Å². The maximum Gasteiger partial charge on any atom is 0.330 e. The molecule has 0 amide bonds. The van der Waals surface area contributed by atoms with Crippen molar-refractivity contribution in [2.45, 2.75) is 19.9 Å². The summed E-state index contributed by atoms with van der Waals surface area (Å²) >= 11 is 0. The van der Waals surface area contributed by atoms with Crippen molar-refractivity contribution in [1.29, 1.82) is 0 Å². The summed E-state index contributed by atoms with van der Waals surface area (Å²) in [5.41, 5.74) is 0.889. The maximum absolute atomic E-state index is 11.3. The fraction of sp³-hybridized carbons (Fsp3) is 0.385. The number of nitrogens with zero attached hydrogens (tertiary/aromatic N) is 1. The van der Waals surface area contributed by atoms with Gasteiger partial charge in [-0.1, -0.05) is 12.1 Å². The van der Waals surface area contributed by atoms with E-state index in [9.17, 15) is 4.79 Å². The number of carbonyl (C=O) groups is 1. The van der Waals surface area contributed by atoms with Crippen LogP contribution in [0.3, 0.4) is 0 Å². The van der Waals surface area contributed by atoms with Gasteiger partial charge in [-0.3, -0.25) is 4.99 Å². The Morgan fingerprint density at radius 1 is 1.53 bits per heavy atom. The normalized spacial score (nSPS) is 12.4. The lowest BCUT2D eigenvalue weighted by atomic mass is 10.2. The third-order valence-electron chi connectivity index (χ3n) is 2.17. The molecule has 17 heavy (non-hydrogen) atoms. The highest BCUT2D eigenvalue weighted by atomic mass is 16.5. The molecular formula is C13H17NO3. The Bertz CT molecular complexity index is 401. The molecule has 0 aliphatic heterocycles. The van der Waals surface area contributed by atoms with Gasteiger partial charge in [-0.2, -0.15) is 0 Å². The van der Waals surface area contributed by atoms with Crippen molar-refractivity contribution in [1.82, 2.24) is 0 Å². The second kappa shape index (κ2) is 6.68. The second-order valence-electron chi connectivity index (χ2n) is 3.48. The molecular weight excluding hydrogens is 218 g/mol. The molecule has 0 bridgehead atoms. The minimum absolute atomic E-state index is 0.313. The molecule has 1 aromatic rings. The van der Waals surface area contributed by atoms with E-state index < -0.39 is 6.04 Å². The van der Waals surface area contributed by atoms with Crippen molar-refractivity contribution in [3.63, 3.8) is 0 Å². The molecule has 0 radical (unpaired) electrons. The molecule has 0 aromatic heterocycles. The van der Waals surface area contributed by atoms with Crippen LogP contribution in [0.25, 0.3) is 0 Å². The Kier molecular flexibility index (Phi) is 5.20. The molecule has 92 valence electrons. The summed E-state index contributed by atoms with van der Waals surface area (Å²) in [6, 6.07) is 6.98. The summed E-state index contributed by atoms with van der Waals surface area (Å²) in [5, 5.41) is 0. The first kappa shape index (κ1) is 13.2. The number of methoxy groups -OCH3 is 1. The molecule has 0 aliphatic carbocycles. The highest BCUT2D eigenvalue weighted by molar-refractivity contribution is 5.84. The van der Waals surface area contributed by atoms with Crippen LogP contribution < -0.4 is 4.74 Å². The van der Waals surface area contributed by atoms with E-state index in [-0.39, 0.29) is 5.97 Å². The lowest BCUT2D eigenvalue weighted by Gasteiger charge is -2.05. The number of hydrogen-bond acceptors (Lipinski definition) is 4. The minimum atomic E-state index is -0.485. The van der Waals surface area contributed by atoms with Gasteiger partial charge in [0.1, 0.15) is 11.8 Å². The zero-order chi connectivity index (χ0) is 12.7. The average Bonchev–Trinajstić information content (AvgIpc) is 2.36. The maximum atomic E-state index is 11.3. The van der Waals surface area contributed by atoms with Gasteiger partial charge in [-0.05, 0) is 31.5 Å². The van der Waals surface area contributed by atoms with Crippen LogP contribution in [0, 0.1) is 0 Å². The van der Waals surface area contributed by atoms with Gasteiger partial charge < -0.3 is 9.47 Å². The number of benzene rings is 1. The first-order valence-corrected chi connectivity index (χ1v) is 5.51. The van der Waals surface area contributed by atoms with E-state index in [1.54, 1.807) is 27.2 Å². The molecule has 0 fully saturated rings. The third-order valence-corrected chi connectivity index (χ3v) is 2.17. The number of rotatable bonds is 5. The number of hydrogen-bond donors (Lipinski definition) is 0. The lowest BCUT2D eigenvalue weighted by molar-refractivity contribution is -0.144. The van der Waals surface area contributed by atoms with Gasteiger partial charge in [-0.25, -0.2) is 4.79 Å². The molecule has 4 nitrogen and oxygen atoms in total. The van der Waals surface area contributed by atoms with Gasteiger partial charge >= 0.3 is 5.97 Å². The zero-order valence-corrected chi connectivity index (χ0v) is 10.3. The largest absolute Gasteiger partial charge is 0.497 e. The van der Waals surface area contributed by atoms with Crippen molar-refractivity contribution >= 4 is 12.2 Å². The third kappa shape index (κ3) is 4.26. The predicted molar refractivity (Wildman–Crippen MR) is 66.7 cm³/mol. The monoisotopic (exact) mass is 235 g/mol. The highest BCUT2D eigenvalue weighted by Gasteiger charge is 2.10. The number of ether oxygens (including phenoxy) is 2. The Morgan fingerprint density at radius 2 is 2.29 bits per heavy atom. The Balaban J connectivity index is 2.66. The van der Waals surface area contributed by atoms with E-state index in [2.05, 4.69) is 4.99 Å². The zero-order valence-electron chi connectivity index (χ0n) is 10.3. The summed E-state index contributed by atoms with van der Waals surface area (Å²) < 4.78 is 9.95. The number of aliphatic imine (C=N–C) groups is 1. The van der Waals surface area contributed by atoms with Gasteiger partial charge in [-0.15, -0.1) is 0 Å². The van der Waals surface area contributed by atoms with Crippen molar-refractivity contribution in [3.8, 4) is 5.75 Å². The van der Waals surface area contributed by atoms with Crippen LogP contribution in [0.15, 0.2) is 29.3 Å². The smallest absolute Gasteiger partial charge is 0.330 e. The van der Waals surface area contributed by atoms with E-state index >= 15 is 0 Å². The number of carbonyl (C=O) groups excluding carboxylic acids is 1. The quantitative estimate of drug-likeness (QED) is 0.579. The van der Waals surface area contributed by atoms with Crippen molar-refractivity contribution < 1.29 is 14.3 Å². The molecule has 0 N–H and O–H groups in total. The van der Waals surface area contributed by atoms with Crippen LogP contribution in [-0.2, 0) is 9.53 Å². The van der Waals surface area contributed by atoms with E-state index in [0.29, 0.717) is 6.61 Å². The lowest BCUT2D eigenvalue weighted by Crippen LogP contribution is -2.18. The van der Waals surface area contributed by atoms with Crippen molar-refractivity contribution in [2.24, 2.45) is 4.99 Å². The summed E-state index contributed by atoms with van der Waals surface area (Å²) in [4.78, 5) is 15.5. The fourth-order valence-corrected chi connectivity index (χ4v) is 1.24. The molecule has 0 saturated heterocycles. The summed E-state index contributed by atoms with van der Waals surface area (Å²) in [5.74, 6) is 0.449. The minimum Gasteiger partial charge on any atom is -0.497 e. The van der Waals surface area contributed by atoms with Crippen LogP contribution >= 0.6 is 0 Å². The molecule has 4 heteroatoms. The van der Waals surface area contributed by atoms with Gasteiger partial charge in [0.25, 0.3) is 0 Å².